The molecule has 0 amide bonds. The number of carbonyl (C=O) groups excluding carboxylic acids is 1. The Bertz CT molecular complexity index is 175. The van der Waals surface area contributed by atoms with Crippen molar-refractivity contribution in [2.75, 3.05) is 12.0 Å². The van der Waals surface area contributed by atoms with Crippen molar-refractivity contribution in [1.82, 2.24) is 0 Å². The molecule has 0 atom stereocenters. The zero-order valence-electron chi connectivity index (χ0n) is 10.8. The Labute approximate surface area is 99.4 Å². The molecule has 0 fully saturated rings. The normalized spacial score (nSPS) is 11.7. The fourth-order valence-corrected chi connectivity index (χ4v) is 2.06. The van der Waals surface area contributed by atoms with Crippen LogP contribution in [0.3, 0.4) is 0 Å². The molecule has 2 heteroatoms. The predicted octanol–water partition coefficient (Wildman–Crippen LogP) is 4.31. The highest BCUT2D eigenvalue weighted by atomic mass is 32.2. The molecular weight excluding hydrogens is 204 g/mol. The maximum Gasteiger partial charge on any atom is 0.139 e. The van der Waals surface area contributed by atoms with E-state index in [1.54, 1.807) is 11.8 Å². The van der Waals surface area contributed by atoms with Crippen LogP contribution < -0.4 is 0 Å². The van der Waals surface area contributed by atoms with Crippen LogP contribution >= 0.6 is 11.8 Å². The summed E-state index contributed by atoms with van der Waals surface area (Å²) in [6, 6.07) is 0. The fourth-order valence-electron chi connectivity index (χ4n) is 1.67. The minimum Gasteiger partial charge on any atom is -0.299 e. The van der Waals surface area contributed by atoms with E-state index in [2.05, 4.69) is 27.0 Å². The first kappa shape index (κ1) is 15.0. The van der Waals surface area contributed by atoms with Crippen LogP contribution in [-0.4, -0.2) is 17.8 Å². The molecule has 0 saturated carbocycles. The van der Waals surface area contributed by atoms with E-state index in [1.165, 1.54) is 25.7 Å². The van der Waals surface area contributed by atoms with E-state index < -0.39 is 0 Å². The first-order valence-electron chi connectivity index (χ1n) is 6.07. The predicted molar refractivity (Wildman–Crippen MR) is 70.5 cm³/mol. The van der Waals surface area contributed by atoms with Crippen LogP contribution in [0.25, 0.3) is 0 Å². The molecule has 0 saturated heterocycles. The number of hydrogen-bond acceptors (Lipinski definition) is 2. The highest BCUT2D eigenvalue weighted by Gasteiger charge is 2.25. The van der Waals surface area contributed by atoms with E-state index in [1.807, 2.05) is 0 Å². The lowest BCUT2D eigenvalue weighted by molar-refractivity contribution is -0.127. The highest BCUT2D eigenvalue weighted by Crippen LogP contribution is 2.26. The molecule has 0 aliphatic rings. The van der Waals surface area contributed by atoms with Crippen LogP contribution in [0.1, 0.15) is 59.3 Å². The highest BCUT2D eigenvalue weighted by molar-refractivity contribution is 7.98. The van der Waals surface area contributed by atoms with Gasteiger partial charge in [-0.3, -0.25) is 4.79 Å². The molecule has 0 aliphatic heterocycles. The van der Waals surface area contributed by atoms with E-state index >= 15 is 0 Å². The molecule has 90 valence electrons. The molecule has 0 spiro atoms. The number of hydrogen-bond donors (Lipinski definition) is 0. The second-order valence-corrected chi connectivity index (χ2v) is 5.85. The maximum absolute atomic E-state index is 11.9. The summed E-state index contributed by atoms with van der Waals surface area (Å²) in [5.41, 5.74) is -0.0938. The molecule has 0 aliphatic carbocycles. The third-order valence-corrected chi connectivity index (χ3v) is 3.56. The molecule has 0 unspecified atom stereocenters. The van der Waals surface area contributed by atoms with Gasteiger partial charge < -0.3 is 0 Å². The van der Waals surface area contributed by atoms with Gasteiger partial charge >= 0.3 is 0 Å². The van der Waals surface area contributed by atoms with Gasteiger partial charge in [-0.1, -0.05) is 46.5 Å². The maximum atomic E-state index is 11.9. The summed E-state index contributed by atoms with van der Waals surface area (Å²) in [6.07, 6.45) is 8.89. The van der Waals surface area contributed by atoms with Gasteiger partial charge in [-0.25, -0.2) is 0 Å². The molecule has 1 nitrogen and oxygen atoms in total. The average molecular weight is 230 g/mol. The summed E-state index contributed by atoms with van der Waals surface area (Å²) in [5, 5.41) is 0. The third-order valence-electron chi connectivity index (χ3n) is 2.94. The van der Waals surface area contributed by atoms with Gasteiger partial charge in [0, 0.05) is 11.8 Å². The lowest BCUT2D eigenvalue weighted by Crippen LogP contribution is -2.24. The Hall–Kier alpha value is 0.0200. The monoisotopic (exact) mass is 230 g/mol. The topological polar surface area (TPSA) is 17.1 Å². The van der Waals surface area contributed by atoms with E-state index in [4.69, 9.17) is 0 Å². The summed E-state index contributed by atoms with van der Waals surface area (Å²) in [7, 11) is 0. The second-order valence-electron chi connectivity index (χ2n) is 4.86. The van der Waals surface area contributed by atoms with Crippen molar-refractivity contribution >= 4 is 17.5 Å². The van der Waals surface area contributed by atoms with Gasteiger partial charge in [0.25, 0.3) is 0 Å². The Kier molecular flexibility index (Phi) is 8.22. The molecule has 15 heavy (non-hydrogen) atoms. The van der Waals surface area contributed by atoms with Crippen molar-refractivity contribution in [3.05, 3.63) is 0 Å². The van der Waals surface area contributed by atoms with Crippen LogP contribution in [0.15, 0.2) is 0 Å². The van der Waals surface area contributed by atoms with Crippen molar-refractivity contribution in [3.8, 4) is 0 Å². The van der Waals surface area contributed by atoms with Crippen molar-refractivity contribution < 1.29 is 4.79 Å². The molecular formula is C13H26OS. The summed E-state index contributed by atoms with van der Waals surface area (Å²) in [6.45, 7) is 6.41. The van der Waals surface area contributed by atoms with E-state index in [-0.39, 0.29) is 5.41 Å². The van der Waals surface area contributed by atoms with Crippen molar-refractivity contribution in [2.45, 2.75) is 59.3 Å². The van der Waals surface area contributed by atoms with E-state index in [0.717, 1.165) is 18.6 Å². The van der Waals surface area contributed by atoms with Gasteiger partial charge in [0.1, 0.15) is 5.78 Å². The molecule has 0 radical (unpaired) electrons. The number of unbranched alkanes of at least 4 members (excludes halogenated alkanes) is 3. The molecule has 0 heterocycles. The second kappa shape index (κ2) is 8.20. The SMILES string of the molecule is CCCCCCC(C)(C)C(=O)CCSC. The minimum atomic E-state index is -0.0938. The number of carbonyl (C=O) groups is 1. The molecule has 0 bridgehead atoms. The Balaban J connectivity index is 3.78. The number of thioether (sulfide) groups is 1. The molecule has 0 aromatic heterocycles. The number of rotatable bonds is 9. The van der Waals surface area contributed by atoms with Gasteiger partial charge in [-0.15, -0.1) is 0 Å². The first-order chi connectivity index (χ1) is 7.04. The summed E-state index contributed by atoms with van der Waals surface area (Å²) in [4.78, 5) is 11.9. The van der Waals surface area contributed by atoms with Crippen LogP contribution in [0, 0.1) is 5.41 Å². The lowest BCUT2D eigenvalue weighted by atomic mass is 9.81. The van der Waals surface area contributed by atoms with E-state index in [0.29, 0.717) is 5.78 Å². The Morgan fingerprint density at radius 1 is 1.20 bits per heavy atom. The fraction of sp³-hybridized carbons (Fsp3) is 0.923. The summed E-state index contributed by atoms with van der Waals surface area (Å²) >= 11 is 1.76. The van der Waals surface area contributed by atoms with Crippen molar-refractivity contribution in [2.24, 2.45) is 5.41 Å². The minimum absolute atomic E-state index is 0.0938. The zero-order chi connectivity index (χ0) is 11.7. The molecule has 0 aromatic rings. The van der Waals surface area contributed by atoms with Gasteiger partial charge in [0.2, 0.25) is 0 Å². The largest absolute Gasteiger partial charge is 0.299 e. The van der Waals surface area contributed by atoms with Crippen molar-refractivity contribution in [1.29, 1.82) is 0 Å². The molecule has 0 rings (SSSR count). The summed E-state index contributed by atoms with van der Waals surface area (Å²) < 4.78 is 0. The van der Waals surface area contributed by atoms with Gasteiger partial charge in [0.15, 0.2) is 0 Å². The van der Waals surface area contributed by atoms with Gasteiger partial charge in [-0.2, -0.15) is 11.8 Å². The smallest absolute Gasteiger partial charge is 0.139 e. The third kappa shape index (κ3) is 6.99. The zero-order valence-corrected chi connectivity index (χ0v) is 11.6. The number of Topliss-reactive ketones (excluding diaryl/α,β-unsaturated/α-hetero) is 1. The quantitative estimate of drug-likeness (QED) is 0.549. The molecule has 0 aromatic carbocycles. The van der Waals surface area contributed by atoms with Crippen LogP contribution in [0.4, 0.5) is 0 Å². The van der Waals surface area contributed by atoms with E-state index in [9.17, 15) is 4.79 Å². The number of ketones is 1. The van der Waals surface area contributed by atoms with Crippen molar-refractivity contribution in [3.63, 3.8) is 0 Å². The standard InChI is InChI=1S/C13H26OS/c1-5-6-7-8-10-13(2,3)12(14)9-11-15-4/h5-11H2,1-4H3. The van der Waals surface area contributed by atoms with Crippen LogP contribution in [-0.2, 0) is 4.79 Å². The van der Waals surface area contributed by atoms with Gasteiger partial charge in [-0.05, 0) is 18.4 Å². The van der Waals surface area contributed by atoms with Gasteiger partial charge in [0.05, 0.1) is 0 Å². The molecule has 0 N–H and O–H groups in total. The average Bonchev–Trinajstić information content (AvgIpc) is 2.21. The van der Waals surface area contributed by atoms with Crippen LogP contribution in [0.2, 0.25) is 0 Å². The Morgan fingerprint density at radius 3 is 2.40 bits per heavy atom. The van der Waals surface area contributed by atoms with Crippen LogP contribution in [0.5, 0.6) is 0 Å². The Morgan fingerprint density at radius 2 is 1.87 bits per heavy atom. The first-order valence-corrected chi connectivity index (χ1v) is 7.46. The summed E-state index contributed by atoms with van der Waals surface area (Å²) in [5.74, 6) is 1.41. The lowest BCUT2D eigenvalue weighted by Gasteiger charge is -2.22.